The first-order valence-corrected chi connectivity index (χ1v) is 6.06. The minimum absolute atomic E-state index is 0.0235. The van der Waals surface area contributed by atoms with Gasteiger partial charge in [-0.3, -0.25) is 14.5 Å². The summed E-state index contributed by atoms with van der Waals surface area (Å²) in [5.74, 6) is -0.775. The molecule has 17 heavy (non-hydrogen) atoms. The third kappa shape index (κ3) is 2.14. The van der Waals surface area contributed by atoms with Gasteiger partial charge in [-0.05, 0) is 6.42 Å². The smallest absolute Gasteiger partial charge is 0.305 e. The highest BCUT2D eigenvalue weighted by Gasteiger charge is 2.48. The molecule has 2 aliphatic rings. The average Bonchev–Trinajstić information content (AvgIpc) is 2.23. The van der Waals surface area contributed by atoms with Crippen LogP contribution in [0, 0.1) is 0 Å². The molecule has 0 saturated carbocycles. The van der Waals surface area contributed by atoms with E-state index >= 15 is 0 Å². The minimum atomic E-state index is -0.799. The van der Waals surface area contributed by atoms with Gasteiger partial charge in [-0.15, -0.1) is 0 Å². The number of carboxylic acids is 1. The Kier molecular flexibility index (Phi) is 3.35. The van der Waals surface area contributed by atoms with Gasteiger partial charge in [0.05, 0.1) is 18.0 Å². The highest BCUT2D eigenvalue weighted by atomic mass is 16.4. The molecule has 0 aromatic heterocycles. The van der Waals surface area contributed by atoms with Gasteiger partial charge in [-0.25, -0.2) is 0 Å². The predicted octanol–water partition coefficient (Wildman–Crippen LogP) is -0.986. The number of amides is 1. The lowest BCUT2D eigenvalue weighted by Crippen LogP contribution is -2.75. The van der Waals surface area contributed by atoms with Crippen molar-refractivity contribution < 1.29 is 14.7 Å². The van der Waals surface area contributed by atoms with E-state index in [1.165, 1.54) is 0 Å². The normalized spacial score (nSPS) is 28.3. The SMILES string of the molecule is CCC1C(=O)NCCN1C1(CC(=O)O)CNC1. The lowest BCUT2D eigenvalue weighted by atomic mass is 9.84. The number of carbonyl (C=O) groups excluding carboxylic acids is 1. The molecular weight excluding hydrogens is 222 g/mol. The van der Waals surface area contributed by atoms with Crippen molar-refractivity contribution in [3.63, 3.8) is 0 Å². The Morgan fingerprint density at radius 2 is 2.29 bits per heavy atom. The molecule has 1 amide bonds. The number of hydrogen-bond donors (Lipinski definition) is 3. The lowest BCUT2D eigenvalue weighted by Gasteiger charge is -2.53. The maximum Gasteiger partial charge on any atom is 0.305 e. The lowest BCUT2D eigenvalue weighted by molar-refractivity contribution is -0.147. The molecule has 0 spiro atoms. The van der Waals surface area contributed by atoms with E-state index in [0.29, 0.717) is 26.1 Å². The van der Waals surface area contributed by atoms with Crippen molar-refractivity contribution in [1.82, 2.24) is 15.5 Å². The van der Waals surface area contributed by atoms with E-state index in [9.17, 15) is 9.59 Å². The van der Waals surface area contributed by atoms with E-state index in [1.54, 1.807) is 0 Å². The van der Waals surface area contributed by atoms with Crippen LogP contribution in [-0.2, 0) is 9.59 Å². The van der Waals surface area contributed by atoms with Crippen LogP contribution in [0.2, 0.25) is 0 Å². The fourth-order valence-electron chi connectivity index (χ4n) is 2.81. The summed E-state index contributed by atoms with van der Waals surface area (Å²) in [4.78, 5) is 24.8. The molecule has 2 heterocycles. The molecule has 2 fully saturated rings. The number of piperazine rings is 1. The van der Waals surface area contributed by atoms with Gasteiger partial charge in [0.25, 0.3) is 0 Å². The Bertz CT molecular complexity index is 328. The van der Waals surface area contributed by atoms with Gasteiger partial charge < -0.3 is 15.7 Å². The van der Waals surface area contributed by atoms with Crippen molar-refractivity contribution in [1.29, 1.82) is 0 Å². The van der Waals surface area contributed by atoms with Crippen LogP contribution >= 0.6 is 0 Å². The average molecular weight is 241 g/mol. The van der Waals surface area contributed by atoms with E-state index in [1.807, 2.05) is 6.92 Å². The second-order valence-corrected chi connectivity index (χ2v) is 4.81. The first-order valence-electron chi connectivity index (χ1n) is 6.06. The molecule has 6 nitrogen and oxygen atoms in total. The largest absolute Gasteiger partial charge is 0.481 e. The highest BCUT2D eigenvalue weighted by molar-refractivity contribution is 5.82. The first kappa shape index (κ1) is 12.3. The van der Waals surface area contributed by atoms with Crippen LogP contribution < -0.4 is 10.6 Å². The van der Waals surface area contributed by atoms with Crippen LogP contribution in [0.3, 0.4) is 0 Å². The molecule has 1 unspecified atom stereocenters. The van der Waals surface area contributed by atoms with Gasteiger partial charge in [0.1, 0.15) is 0 Å². The Balaban J connectivity index is 2.17. The van der Waals surface area contributed by atoms with Crippen LogP contribution in [0.1, 0.15) is 19.8 Å². The highest BCUT2D eigenvalue weighted by Crippen LogP contribution is 2.29. The van der Waals surface area contributed by atoms with E-state index in [2.05, 4.69) is 15.5 Å². The van der Waals surface area contributed by atoms with Gasteiger partial charge in [-0.2, -0.15) is 0 Å². The quantitative estimate of drug-likeness (QED) is 0.589. The van der Waals surface area contributed by atoms with Crippen LogP contribution in [0.5, 0.6) is 0 Å². The predicted molar refractivity (Wildman–Crippen MR) is 61.6 cm³/mol. The van der Waals surface area contributed by atoms with Crippen molar-refractivity contribution in [3.8, 4) is 0 Å². The van der Waals surface area contributed by atoms with E-state index in [4.69, 9.17) is 5.11 Å². The third-order valence-electron chi connectivity index (χ3n) is 3.72. The molecule has 2 rings (SSSR count). The molecule has 6 heteroatoms. The standard InChI is InChI=1S/C11H19N3O3/c1-2-8-10(17)13-3-4-14(8)11(5-9(15)16)6-12-7-11/h8,12H,2-7H2,1H3,(H,13,17)(H,15,16). The summed E-state index contributed by atoms with van der Waals surface area (Å²) in [7, 11) is 0. The third-order valence-corrected chi connectivity index (χ3v) is 3.72. The number of hydrogen-bond acceptors (Lipinski definition) is 4. The Labute approximate surface area is 100 Å². The minimum Gasteiger partial charge on any atom is -0.481 e. The zero-order valence-electron chi connectivity index (χ0n) is 10.0. The maximum atomic E-state index is 11.8. The fraction of sp³-hybridized carbons (Fsp3) is 0.818. The van der Waals surface area contributed by atoms with Crippen molar-refractivity contribution in [3.05, 3.63) is 0 Å². The molecule has 0 aliphatic carbocycles. The zero-order chi connectivity index (χ0) is 12.5. The molecular formula is C11H19N3O3. The summed E-state index contributed by atoms with van der Waals surface area (Å²) >= 11 is 0. The summed E-state index contributed by atoms with van der Waals surface area (Å²) < 4.78 is 0. The summed E-state index contributed by atoms with van der Waals surface area (Å²) in [6, 6.07) is -0.190. The number of rotatable bonds is 4. The molecule has 96 valence electrons. The number of carboxylic acid groups (broad SMARTS) is 1. The van der Waals surface area contributed by atoms with Crippen molar-refractivity contribution >= 4 is 11.9 Å². The molecule has 0 radical (unpaired) electrons. The molecule has 2 saturated heterocycles. The summed E-state index contributed by atoms with van der Waals surface area (Å²) in [6.07, 6.45) is 0.816. The molecule has 0 bridgehead atoms. The zero-order valence-corrected chi connectivity index (χ0v) is 10.0. The van der Waals surface area contributed by atoms with Crippen molar-refractivity contribution in [2.24, 2.45) is 0 Å². The second kappa shape index (κ2) is 4.62. The summed E-state index contributed by atoms with van der Waals surface area (Å²) in [5.41, 5.74) is -0.371. The number of aliphatic carboxylic acids is 1. The van der Waals surface area contributed by atoms with Crippen molar-refractivity contribution in [2.75, 3.05) is 26.2 Å². The van der Waals surface area contributed by atoms with Crippen LogP contribution in [-0.4, -0.2) is 59.6 Å². The van der Waals surface area contributed by atoms with Crippen molar-refractivity contribution in [2.45, 2.75) is 31.3 Å². The number of carbonyl (C=O) groups is 2. The van der Waals surface area contributed by atoms with E-state index in [0.717, 1.165) is 6.54 Å². The molecule has 2 aliphatic heterocycles. The first-order chi connectivity index (χ1) is 8.09. The fourth-order valence-corrected chi connectivity index (χ4v) is 2.81. The van der Waals surface area contributed by atoms with Gasteiger partial charge >= 0.3 is 5.97 Å². The number of nitrogens with zero attached hydrogens (tertiary/aromatic N) is 1. The van der Waals surface area contributed by atoms with Gasteiger partial charge in [0.2, 0.25) is 5.91 Å². The van der Waals surface area contributed by atoms with Gasteiger partial charge in [0.15, 0.2) is 0 Å². The second-order valence-electron chi connectivity index (χ2n) is 4.81. The van der Waals surface area contributed by atoms with E-state index < -0.39 is 5.97 Å². The van der Waals surface area contributed by atoms with Gasteiger partial charge in [0, 0.05) is 26.2 Å². The summed E-state index contributed by atoms with van der Waals surface area (Å²) in [6.45, 7) is 4.62. The topological polar surface area (TPSA) is 81.7 Å². The number of nitrogens with one attached hydrogen (secondary N) is 2. The molecule has 0 aromatic rings. The van der Waals surface area contributed by atoms with Gasteiger partial charge in [-0.1, -0.05) is 6.92 Å². The van der Waals surface area contributed by atoms with Crippen LogP contribution in [0.4, 0.5) is 0 Å². The maximum absolute atomic E-state index is 11.8. The Hall–Kier alpha value is -1.14. The Morgan fingerprint density at radius 1 is 1.59 bits per heavy atom. The summed E-state index contributed by atoms with van der Waals surface area (Å²) in [5, 5.41) is 15.0. The molecule has 3 N–H and O–H groups in total. The monoisotopic (exact) mass is 241 g/mol. The molecule has 1 atom stereocenters. The molecule has 0 aromatic carbocycles. The van der Waals surface area contributed by atoms with Crippen LogP contribution in [0.15, 0.2) is 0 Å². The van der Waals surface area contributed by atoms with E-state index in [-0.39, 0.29) is 23.9 Å². The Morgan fingerprint density at radius 3 is 2.76 bits per heavy atom. The van der Waals surface area contributed by atoms with Crippen LogP contribution in [0.25, 0.3) is 0 Å².